The summed E-state index contributed by atoms with van der Waals surface area (Å²) in [4.78, 5) is 14.5. The zero-order valence-corrected chi connectivity index (χ0v) is 24.3. The van der Waals surface area contributed by atoms with E-state index in [9.17, 15) is 9.90 Å². The average molecular weight is 496 g/mol. The zero-order valence-electron chi connectivity index (χ0n) is 24.3. The lowest BCUT2D eigenvalue weighted by Gasteiger charge is -2.22. The Morgan fingerprint density at radius 1 is 0.457 bits per heavy atom. The largest absolute Gasteiger partial charge is 0.395 e. The summed E-state index contributed by atoms with van der Waals surface area (Å²) in [5.74, 6) is 0.254. The van der Waals surface area contributed by atoms with Crippen molar-refractivity contribution in [1.29, 1.82) is 0 Å². The van der Waals surface area contributed by atoms with E-state index in [1.807, 2.05) is 4.90 Å². The number of carbonyl (C=O) groups excluding carboxylic acids is 1. The minimum atomic E-state index is 0.0857. The molecule has 0 heterocycles. The Bertz CT molecular complexity index is 412. The summed E-state index contributed by atoms with van der Waals surface area (Å²) in [5.41, 5.74) is 0. The van der Waals surface area contributed by atoms with Crippen LogP contribution in [-0.4, -0.2) is 35.6 Å². The molecule has 0 rings (SSSR count). The van der Waals surface area contributed by atoms with Crippen molar-refractivity contribution in [2.45, 2.75) is 181 Å². The Labute approximate surface area is 221 Å². The molecule has 3 heteroatoms. The van der Waals surface area contributed by atoms with Gasteiger partial charge in [-0.15, -0.1) is 0 Å². The van der Waals surface area contributed by atoms with Gasteiger partial charge in [0.05, 0.1) is 6.61 Å². The molecule has 0 spiro atoms. The Morgan fingerprint density at radius 3 is 1.11 bits per heavy atom. The van der Waals surface area contributed by atoms with Gasteiger partial charge in [-0.3, -0.25) is 4.79 Å². The summed E-state index contributed by atoms with van der Waals surface area (Å²) < 4.78 is 0. The fraction of sp³-hybridized carbons (Fsp3) is 0.969. The highest BCUT2D eigenvalue weighted by molar-refractivity contribution is 5.76. The number of amides is 1. The predicted octanol–water partition coefficient (Wildman–Crippen LogP) is 9.99. The van der Waals surface area contributed by atoms with Crippen LogP contribution in [0.4, 0.5) is 0 Å². The second kappa shape index (κ2) is 29.7. The van der Waals surface area contributed by atoms with E-state index >= 15 is 0 Å². The lowest BCUT2D eigenvalue weighted by molar-refractivity contribution is -0.131. The van der Waals surface area contributed by atoms with Crippen molar-refractivity contribution in [2.75, 3.05) is 19.7 Å². The van der Waals surface area contributed by atoms with E-state index in [0.29, 0.717) is 13.0 Å². The SMILES string of the molecule is CCCCCCCCCCCCCCCCCC(=O)N(CCO)CCCCCCCCCCCC. The molecule has 0 radical (unpaired) electrons. The number of hydrogen-bond donors (Lipinski definition) is 1. The number of hydrogen-bond acceptors (Lipinski definition) is 2. The van der Waals surface area contributed by atoms with Crippen LogP contribution in [0, 0.1) is 0 Å². The van der Waals surface area contributed by atoms with E-state index in [4.69, 9.17) is 0 Å². The maximum absolute atomic E-state index is 12.6. The maximum Gasteiger partial charge on any atom is 0.222 e. The van der Waals surface area contributed by atoms with Gasteiger partial charge >= 0.3 is 0 Å². The first-order chi connectivity index (χ1) is 17.3. The fourth-order valence-electron chi connectivity index (χ4n) is 5.08. The van der Waals surface area contributed by atoms with E-state index in [2.05, 4.69) is 13.8 Å². The molecule has 0 aromatic carbocycles. The molecular weight excluding hydrogens is 430 g/mol. The Balaban J connectivity index is 3.52. The first kappa shape index (κ1) is 34.4. The zero-order chi connectivity index (χ0) is 25.7. The molecule has 0 atom stereocenters. The molecule has 0 unspecified atom stereocenters. The van der Waals surface area contributed by atoms with Gasteiger partial charge in [0.25, 0.3) is 0 Å². The van der Waals surface area contributed by atoms with Crippen molar-refractivity contribution >= 4 is 5.91 Å². The van der Waals surface area contributed by atoms with Gasteiger partial charge in [0, 0.05) is 19.5 Å². The summed E-state index contributed by atoms with van der Waals surface area (Å²) in [6.45, 7) is 5.98. The molecule has 0 aliphatic rings. The highest BCUT2D eigenvalue weighted by atomic mass is 16.3. The third kappa shape index (κ3) is 26.3. The topological polar surface area (TPSA) is 40.5 Å². The second-order valence-corrected chi connectivity index (χ2v) is 11.0. The number of unbranched alkanes of at least 4 members (excludes halogenated alkanes) is 23. The Morgan fingerprint density at radius 2 is 0.771 bits per heavy atom. The summed E-state index contributed by atoms with van der Waals surface area (Å²) >= 11 is 0. The first-order valence-electron chi connectivity index (χ1n) is 16.1. The molecule has 1 N–H and O–H groups in total. The number of nitrogens with zero attached hydrogens (tertiary/aromatic N) is 1. The monoisotopic (exact) mass is 496 g/mol. The van der Waals surface area contributed by atoms with Crippen LogP contribution in [0.3, 0.4) is 0 Å². The Kier molecular flexibility index (Phi) is 29.2. The lowest BCUT2D eigenvalue weighted by Crippen LogP contribution is -2.34. The molecule has 35 heavy (non-hydrogen) atoms. The third-order valence-corrected chi connectivity index (χ3v) is 7.50. The van der Waals surface area contributed by atoms with E-state index in [0.717, 1.165) is 19.4 Å². The predicted molar refractivity (Wildman–Crippen MR) is 155 cm³/mol. The molecule has 3 nitrogen and oxygen atoms in total. The molecule has 0 aromatic heterocycles. The van der Waals surface area contributed by atoms with Crippen LogP contribution in [0.15, 0.2) is 0 Å². The molecule has 0 aliphatic heterocycles. The van der Waals surface area contributed by atoms with Crippen molar-refractivity contribution in [3.63, 3.8) is 0 Å². The minimum Gasteiger partial charge on any atom is -0.395 e. The van der Waals surface area contributed by atoms with Crippen molar-refractivity contribution in [1.82, 2.24) is 4.90 Å². The molecule has 1 amide bonds. The van der Waals surface area contributed by atoms with Crippen LogP contribution in [0.1, 0.15) is 181 Å². The van der Waals surface area contributed by atoms with Crippen molar-refractivity contribution in [2.24, 2.45) is 0 Å². The Hall–Kier alpha value is -0.570. The van der Waals surface area contributed by atoms with Crippen molar-refractivity contribution in [3.05, 3.63) is 0 Å². The number of carbonyl (C=O) groups is 1. The minimum absolute atomic E-state index is 0.0857. The summed E-state index contributed by atoms with van der Waals surface area (Å²) in [6.07, 6.45) is 34.1. The van der Waals surface area contributed by atoms with E-state index in [1.54, 1.807) is 0 Å². The van der Waals surface area contributed by atoms with Crippen LogP contribution in [0.25, 0.3) is 0 Å². The van der Waals surface area contributed by atoms with Gasteiger partial charge < -0.3 is 10.0 Å². The number of aliphatic hydroxyl groups excluding tert-OH is 1. The highest BCUT2D eigenvalue weighted by Crippen LogP contribution is 2.15. The normalized spacial score (nSPS) is 11.3. The van der Waals surface area contributed by atoms with Gasteiger partial charge in [0.15, 0.2) is 0 Å². The molecule has 0 bridgehead atoms. The molecular formula is C32H65NO2. The summed E-state index contributed by atoms with van der Waals surface area (Å²) in [5, 5.41) is 9.36. The standard InChI is InChI=1S/C32H65NO2/c1-3-5-7-9-11-13-15-16-17-18-19-20-22-24-26-28-32(35)33(30-31-34)29-27-25-23-21-14-12-10-8-6-4-2/h34H,3-31H2,1-2H3. The number of rotatable bonds is 29. The van der Waals surface area contributed by atoms with Gasteiger partial charge in [0.1, 0.15) is 0 Å². The molecule has 210 valence electrons. The van der Waals surface area contributed by atoms with Crippen LogP contribution < -0.4 is 0 Å². The smallest absolute Gasteiger partial charge is 0.222 e. The van der Waals surface area contributed by atoms with Gasteiger partial charge in [-0.25, -0.2) is 0 Å². The lowest BCUT2D eigenvalue weighted by atomic mass is 10.0. The van der Waals surface area contributed by atoms with Gasteiger partial charge in [-0.1, -0.05) is 162 Å². The maximum atomic E-state index is 12.6. The highest BCUT2D eigenvalue weighted by Gasteiger charge is 2.12. The van der Waals surface area contributed by atoms with Crippen LogP contribution in [0.2, 0.25) is 0 Å². The quantitative estimate of drug-likeness (QED) is 0.105. The van der Waals surface area contributed by atoms with E-state index < -0.39 is 0 Å². The van der Waals surface area contributed by atoms with Crippen LogP contribution >= 0.6 is 0 Å². The van der Waals surface area contributed by atoms with Crippen molar-refractivity contribution < 1.29 is 9.90 Å². The summed E-state index contributed by atoms with van der Waals surface area (Å²) in [6, 6.07) is 0. The third-order valence-electron chi connectivity index (χ3n) is 7.50. The molecule has 0 fully saturated rings. The average Bonchev–Trinajstić information content (AvgIpc) is 2.86. The molecule has 0 saturated carbocycles. The van der Waals surface area contributed by atoms with Crippen LogP contribution in [0.5, 0.6) is 0 Å². The van der Waals surface area contributed by atoms with Gasteiger partial charge in [-0.05, 0) is 12.8 Å². The van der Waals surface area contributed by atoms with Gasteiger partial charge in [-0.2, -0.15) is 0 Å². The van der Waals surface area contributed by atoms with Crippen LogP contribution in [-0.2, 0) is 4.79 Å². The van der Waals surface area contributed by atoms with E-state index in [1.165, 1.54) is 148 Å². The number of aliphatic hydroxyl groups is 1. The molecule has 0 aromatic rings. The molecule has 0 saturated heterocycles. The fourth-order valence-corrected chi connectivity index (χ4v) is 5.08. The summed E-state index contributed by atoms with van der Waals surface area (Å²) in [7, 11) is 0. The van der Waals surface area contributed by atoms with Crippen molar-refractivity contribution in [3.8, 4) is 0 Å². The second-order valence-electron chi connectivity index (χ2n) is 11.0. The van der Waals surface area contributed by atoms with E-state index in [-0.39, 0.29) is 12.5 Å². The van der Waals surface area contributed by atoms with Gasteiger partial charge in [0.2, 0.25) is 5.91 Å². The molecule has 0 aliphatic carbocycles. The first-order valence-corrected chi connectivity index (χ1v) is 16.1.